The maximum Gasteiger partial charge on any atom is 0.0952 e. The topological polar surface area (TPSA) is 72.7 Å². The first-order valence-corrected chi connectivity index (χ1v) is 3.87. The largest absolute Gasteiger partial charge is 0.396 e. The summed E-state index contributed by atoms with van der Waals surface area (Å²) in [7, 11) is 0. The summed E-state index contributed by atoms with van der Waals surface area (Å²) in [5.41, 5.74) is 0. The number of hydrogen-bond acceptors (Lipinski definition) is 4. The van der Waals surface area contributed by atoms with Crippen molar-refractivity contribution in [1.82, 2.24) is 5.32 Å². The van der Waals surface area contributed by atoms with Crippen molar-refractivity contribution < 1.29 is 15.3 Å². The summed E-state index contributed by atoms with van der Waals surface area (Å²) in [6, 6.07) is -0.0900. The summed E-state index contributed by atoms with van der Waals surface area (Å²) in [5.74, 6) is -0.235. The summed E-state index contributed by atoms with van der Waals surface area (Å²) < 4.78 is 0. The van der Waals surface area contributed by atoms with Crippen LogP contribution in [0.2, 0.25) is 0 Å². The van der Waals surface area contributed by atoms with Gasteiger partial charge in [0.05, 0.1) is 12.2 Å². The van der Waals surface area contributed by atoms with Gasteiger partial charge in [-0.05, 0) is 6.92 Å². The molecule has 1 aliphatic rings. The highest BCUT2D eigenvalue weighted by molar-refractivity contribution is 4.89. The highest BCUT2D eigenvalue weighted by Gasteiger charge is 2.34. The fourth-order valence-corrected chi connectivity index (χ4v) is 1.33. The molecule has 0 aromatic heterocycles. The molecule has 0 saturated carbocycles. The second kappa shape index (κ2) is 3.49. The molecule has 4 N–H and O–H groups in total. The molecule has 1 aliphatic heterocycles. The van der Waals surface area contributed by atoms with Crippen molar-refractivity contribution in [3.05, 3.63) is 0 Å². The Morgan fingerprint density at radius 1 is 1.36 bits per heavy atom. The lowest BCUT2D eigenvalue weighted by atomic mass is 9.90. The maximum absolute atomic E-state index is 9.36. The van der Waals surface area contributed by atoms with Crippen LogP contribution in [0.5, 0.6) is 0 Å². The Balaban J connectivity index is 2.52. The van der Waals surface area contributed by atoms with Crippen LogP contribution in [0.1, 0.15) is 6.92 Å². The predicted octanol–water partition coefficient (Wildman–Crippen LogP) is -1.69. The van der Waals surface area contributed by atoms with Crippen molar-refractivity contribution in [2.24, 2.45) is 5.92 Å². The van der Waals surface area contributed by atoms with E-state index in [4.69, 9.17) is 5.11 Å². The lowest BCUT2D eigenvalue weighted by molar-refractivity contribution is -0.0675. The third-order valence-electron chi connectivity index (χ3n) is 2.28. The summed E-state index contributed by atoms with van der Waals surface area (Å²) in [6.45, 7) is 2.29. The molecule has 0 amide bonds. The van der Waals surface area contributed by atoms with Crippen molar-refractivity contribution >= 4 is 0 Å². The summed E-state index contributed by atoms with van der Waals surface area (Å²) in [6.07, 6.45) is -1.56. The fraction of sp³-hybridized carbons (Fsp3) is 1.00. The molecule has 4 atom stereocenters. The average molecular weight is 161 g/mol. The Morgan fingerprint density at radius 2 is 2.00 bits per heavy atom. The van der Waals surface area contributed by atoms with Gasteiger partial charge in [0.15, 0.2) is 0 Å². The molecule has 1 rings (SSSR count). The van der Waals surface area contributed by atoms with E-state index in [9.17, 15) is 10.2 Å². The fourth-order valence-electron chi connectivity index (χ4n) is 1.33. The summed E-state index contributed by atoms with van der Waals surface area (Å²) in [4.78, 5) is 0. The molecule has 0 spiro atoms. The lowest BCUT2D eigenvalue weighted by Crippen LogP contribution is -2.56. The van der Waals surface area contributed by atoms with Gasteiger partial charge in [0.1, 0.15) is 0 Å². The van der Waals surface area contributed by atoms with Crippen LogP contribution in [0, 0.1) is 5.92 Å². The third-order valence-corrected chi connectivity index (χ3v) is 2.28. The monoisotopic (exact) mass is 161 g/mol. The van der Waals surface area contributed by atoms with Crippen molar-refractivity contribution in [2.75, 3.05) is 13.2 Å². The minimum absolute atomic E-state index is 0.0854. The molecule has 0 aliphatic carbocycles. The van der Waals surface area contributed by atoms with E-state index in [1.54, 1.807) is 0 Å². The Labute approximate surface area is 65.9 Å². The van der Waals surface area contributed by atoms with Crippen LogP contribution in [0.3, 0.4) is 0 Å². The molecule has 4 unspecified atom stereocenters. The Kier molecular flexibility index (Phi) is 2.84. The molecular weight excluding hydrogens is 146 g/mol. The Morgan fingerprint density at radius 3 is 2.55 bits per heavy atom. The van der Waals surface area contributed by atoms with Gasteiger partial charge in [-0.1, -0.05) is 0 Å². The predicted molar refractivity (Wildman–Crippen MR) is 40.1 cm³/mol. The minimum atomic E-state index is -0.795. The van der Waals surface area contributed by atoms with Crippen LogP contribution in [0.25, 0.3) is 0 Å². The van der Waals surface area contributed by atoms with Crippen LogP contribution in [-0.2, 0) is 0 Å². The Bertz CT molecular complexity index is 129. The smallest absolute Gasteiger partial charge is 0.0952 e. The Hall–Kier alpha value is -0.160. The third kappa shape index (κ3) is 1.70. The van der Waals surface area contributed by atoms with E-state index in [2.05, 4.69) is 5.32 Å². The molecule has 0 radical (unpaired) electrons. The number of piperidine rings is 1. The van der Waals surface area contributed by atoms with E-state index >= 15 is 0 Å². The van der Waals surface area contributed by atoms with Gasteiger partial charge in [-0.2, -0.15) is 0 Å². The molecule has 1 saturated heterocycles. The number of aliphatic hydroxyl groups is 3. The molecular formula is C7H15NO3. The van der Waals surface area contributed by atoms with E-state index in [1.165, 1.54) is 0 Å². The van der Waals surface area contributed by atoms with Crippen LogP contribution in [0.4, 0.5) is 0 Å². The van der Waals surface area contributed by atoms with Gasteiger partial charge in [0.25, 0.3) is 0 Å². The number of aliphatic hydroxyl groups excluding tert-OH is 3. The second-order valence-corrected chi connectivity index (χ2v) is 3.12. The molecule has 11 heavy (non-hydrogen) atoms. The van der Waals surface area contributed by atoms with E-state index in [1.807, 2.05) is 6.92 Å². The highest BCUT2D eigenvalue weighted by atomic mass is 16.3. The molecule has 0 aromatic rings. The molecule has 4 heteroatoms. The van der Waals surface area contributed by atoms with Crippen molar-refractivity contribution in [3.8, 4) is 0 Å². The van der Waals surface area contributed by atoms with Crippen molar-refractivity contribution in [2.45, 2.75) is 25.2 Å². The quantitative estimate of drug-likeness (QED) is 0.370. The van der Waals surface area contributed by atoms with Crippen LogP contribution in [0.15, 0.2) is 0 Å². The average Bonchev–Trinajstić information content (AvgIpc) is 2.01. The summed E-state index contributed by atoms with van der Waals surface area (Å²) >= 11 is 0. The molecule has 1 heterocycles. The molecule has 4 nitrogen and oxygen atoms in total. The van der Waals surface area contributed by atoms with Gasteiger partial charge in [-0.3, -0.25) is 0 Å². The normalized spacial score (nSPS) is 45.8. The van der Waals surface area contributed by atoms with Gasteiger partial charge in [-0.15, -0.1) is 0 Å². The van der Waals surface area contributed by atoms with Gasteiger partial charge in [0.2, 0.25) is 0 Å². The van der Waals surface area contributed by atoms with E-state index in [0.717, 1.165) is 0 Å². The van der Waals surface area contributed by atoms with E-state index in [0.29, 0.717) is 6.54 Å². The maximum atomic E-state index is 9.36. The molecule has 0 bridgehead atoms. The highest BCUT2D eigenvalue weighted by Crippen LogP contribution is 2.14. The summed E-state index contributed by atoms with van der Waals surface area (Å²) in [5, 5.41) is 30.4. The van der Waals surface area contributed by atoms with Gasteiger partial charge < -0.3 is 20.6 Å². The zero-order chi connectivity index (χ0) is 8.43. The first-order chi connectivity index (χ1) is 5.16. The van der Waals surface area contributed by atoms with E-state index in [-0.39, 0.29) is 18.6 Å². The van der Waals surface area contributed by atoms with E-state index < -0.39 is 12.2 Å². The zero-order valence-electron chi connectivity index (χ0n) is 6.57. The van der Waals surface area contributed by atoms with Gasteiger partial charge in [-0.25, -0.2) is 0 Å². The first kappa shape index (κ1) is 8.93. The first-order valence-electron chi connectivity index (χ1n) is 3.87. The molecule has 66 valence electrons. The standard InChI is InChI=1S/C7H15NO3/c1-4-6(10)7(11)5(3-9)2-8-4/h4-11H,2-3H2,1H3. The molecule has 0 aromatic carbocycles. The lowest BCUT2D eigenvalue weighted by Gasteiger charge is -2.35. The number of nitrogens with one attached hydrogen (secondary N) is 1. The van der Waals surface area contributed by atoms with Crippen LogP contribution >= 0.6 is 0 Å². The van der Waals surface area contributed by atoms with Crippen LogP contribution in [-0.4, -0.2) is 46.7 Å². The second-order valence-electron chi connectivity index (χ2n) is 3.12. The zero-order valence-corrected chi connectivity index (χ0v) is 6.57. The molecule has 1 fully saturated rings. The number of rotatable bonds is 1. The SMILES string of the molecule is CC1NCC(CO)C(O)C1O. The van der Waals surface area contributed by atoms with Gasteiger partial charge >= 0.3 is 0 Å². The van der Waals surface area contributed by atoms with Crippen LogP contribution < -0.4 is 5.32 Å². The number of hydrogen-bond donors (Lipinski definition) is 4. The van der Waals surface area contributed by atoms with Gasteiger partial charge in [0, 0.05) is 25.1 Å². The minimum Gasteiger partial charge on any atom is -0.396 e. The van der Waals surface area contributed by atoms with Crippen molar-refractivity contribution in [3.63, 3.8) is 0 Å². The van der Waals surface area contributed by atoms with Crippen molar-refractivity contribution in [1.29, 1.82) is 0 Å².